The molecule has 0 unspecified atom stereocenters. The minimum atomic E-state index is -3.91. The molecule has 3 nitrogen and oxygen atoms in total. The summed E-state index contributed by atoms with van der Waals surface area (Å²) in [4.78, 5) is 0. The van der Waals surface area contributed by atoms with Gasteiger partial charge >= 0.3 is 0 Å². The molecule has 0 saturated carbocycles. The predicted molar refractivity (Wildman–Crippen MR) is 89.0 cm³/mol. The van der Waals surface area contributed by atoms with Crippen molar-refractivity contribution in [3.05, 3.63) is 70.6 Å². The molecule has 7 heteroatoms. The third-order valence-corrected chi connectivity index (χ3v) is 5.23. The van der Waals surface area contributed by atoms with Crippen LogP contribution in [0.3, 0.4) is 0 Å². The van der Waals surface area contributed by atoms with E-state index in [-0.39, 0.29) is 10.7 Å². The molecule has 0 heterocycles. The van der Waals surface area contributed by atoms with Gasteiger partial charge in [-0.3, -0.25) is 0 Å². The van der Waals surface area contributed by atoms with E-state index in [1.165, 1.54) is 12.1 Å². The average Bonchev–Trinajstić information content (AvgIpc) is 2.48. The Morgan fingerprint density at radius 1 is 1.00 bits per heavy atom. The van der Waals surface area contributed by atoms with Gasteiger partial charge in [-0.25, -0.2) is 8.42 Å². The summed E-state index contributed by atoms with van der Waals surface area (Å²) >= 11 is 17.7. The molecule has 0 aliphatic carbocycles. The molecule has 21 heavy (non-hydrogen) atoms. The van der Waals surface area contributed by atoms with E-state index in [9.17, 15) is 8.42 Å². The van der Waals surface area contributed by atoms with Crippen molar-refractivity contribution >= 4 is 55.7 Å². The number of hydrogen-bond acceptors (Lipinski definition) is 2. The van der Waals surface area contributed by atoms with Gasteiger partial charge in [0, 0.05) is 16.8 Å². The van der Waals surface area contributed by atoms with Gasteiger partial charge < -0.3 is 0 Å². The summed E-state index contributed by atoms with van der Waals surface area (Å²) in [6.45, 7) is 0. The van der Waals surface area contributed by atoms with E-state index in [4.69, 9.17) is 35.0 Å². The first-order valence-electron chi connectivity index (χ1n) is 5.79. The molecule has 0 N–H and O–H groups in total. The molecule has 0 radical (unpaired) electrons. The summed E-state index contributed by atoms with van der Waals surface area (Å²) in [5.74, 6) is 0. The minimum Gasteiger partial charge on any atom is -0.200 e. The number of sulfonamides is 1. The maximum absolute atomic E-state index is 12.2. The van der Waals surface area contributed by atoms with Crippen LogP contribution < -0.4 is 3.82 Å². The van der Waals surface area contributed by atoms with E-state index in [0.29, 0.717) is 14.4 Å². The van der Waals surface area contributed by atoms with Crippen LogP contribution >= 0.6 is 35.0 Å². The number of halogens is 3. The van der Waals surface area contributed by atoms with E-state index in [1.54, 1.807) is 36.4 Å². The van der Waals surface area contributed by atoms with Crippen molar-refractivity contribution < 1.29 is 8.42 Å². The highest BCUT2D eigenvalue weighted by Crippen LogP contribution is 2.27. The van der Waals surface area contributed by atoms with Gasteiger partial charge in [-0.2, -0.15) is 3.82 Å². The summed E-state index contributed by atoms with van der Waals surface area (Å²) in [6, 6.07) is 14.8. The Labute approximate surface area is 138 Å². The second-order valence-corrected chi connectivity index (χ2v) is 7.08. The Kier molecular flexibility index (Phi) is 5.17. The Hall–Kier alpha value is -1.20. The lowest BCUT2D eigenvalue weighted by atomic mass is 10.2. The molecule has 0 aromatic heterocycles. The predicted octanol–water partition coefficient (Wildman–Crippen LogP) is 4.87. The first-order chi connectivity index (χ1) is 9.90. The lowest BCUT2D eigenvalue weighted by Crippen LogP contribution is -2.18. The van der Waals surface area contributed by atoms with E-state index in [1.807, 2.05) is 6.07 Å². The molecular weight excluding hydrogens is 353 g/mol. The number of rotatable bonds is 4. The molecule has 0 saturated heterocycles. The molecule has 0 aliphatic rings. The lowest BCUT2D eigenvalue weighted by Gasteiger charge is -2.14. The maximum atomic E-state index is 12.2. The summed E-state index contributed by atoms with van der Waals surface area (Å²) in [7, 11) is -3.91. The van der Waals surface area contributed by atoms with Crippen LogP contribution in [0.4, 0.5) is 5.69 Å². The second-order valence-electron chi connectivity index (χ2n) is 4.07. The monoisotopic (exact) mass is 361 g/mol. The number of hydrogen-bond donors (Lipinski definition) is 0. The number of anilines is 1. The molecule has 0 aliphatic heterocycles. The summed E-state index contributed by atoms with van der Waals surface area (Å²) in [6.07, 6.45) is 0. The van der Waals surface area contributed by atoms with Gasteiger partial charge in [0.1, 0.15) is 0 Å². The van der Waals surface area contributed by atoms with Crippen molar-refractivity contribution in [3.63, 3.8) is 0 Å². The van der Waals surface area contributed by atoms with Gasteiger partial charge in [0.15, 0.2) is 0 Å². The molecule has 110 valence electrons. The summed E-state index contributed by atoms with van der Waals surface area (Å²) < 4.78 is 25.0. The molecule has 2 aromatic carbocycles. The van der Waals surface area contributed by atoms with E-state index >= 15 is 0 Å². The van der Waals surface area contributed by atoms with Crippen molar-refractivity contribution in [2.75, 3.05) is 3.82 Å². The average molecular weight is 363 g/mol. The molecule has 0 bridgehead atoms. The van der Waals surface area contributed by atoms with Crippen molar-refractivity contribution in [1.82, 2.24) is 0 Å². The van der Waals surface area contributed by atoms with Crippen molar-refractivity contribution in [2.24, 2.45) is 0 Å². The maximum Gasteiger partial charge on any atom is 0.272 e. The highest BCUT2D eigenvalue weighted by Gasteiger charge is 2.19. The van der Waals surface area contributed by atoms with Crippen LogP contribution in [-0.4, -0.2) is 8.42 Å². The Morgan fingerprint density at radius 3 is 2.14 bits per heavy atom. The molecule has 0 fully saturated rings. The van der Waals surface area contributed by atoms with Gasteiger partial charge in [-0.05, 0) is 29.8 Å². The van der Waals surface area contributed by atoms with Crippen LogP contribution in [0.2, 0.25) is 5.02 Å². The Morgan fingerprint density at radius 2 is 1.57 bits per heavy atom. The van der Waals surface area contributed by atoms with Crippen molar-refractivity contribution in [2.45, 2.75) is 0 Å². The molecular formula is C14H10Cl3NO2S. The highest BCUT2D eigenvalue weighted by molar-refractivity contribution is 7.97. The van der Waals surface area contributed by atoms with Gasteiger partial charge in [-0.15, -0.1) is 0 Å². The van der Waals surface area contributed by atoms with Crippen molar-refractivity contribution in [3.8, 4) is 0 Å². The fourth-order valence-electron chi connectivity index (χ4n) is 1.55. The third-order valence-electron chi connectivity index (χ3n) is 2.56. The minimum absolute atomic E-state index is 0.0789. The topological polar surface area (TPSA) is 37.4 Å². The summed E-state index contributed by atoms with van der Waals surface area (Å²) in [5.41, 5.74) is 0.860. The fraction of sp³-hybridized carbons (Fsp3) is 0. The normalized spacial score (nSPS) is 12.2. The number of benzene rings is 2. The van der Waals surface area contributed by atoms with Crippen LogP contribution in [0.15, 0.2) is 60.0 Å². The first kappa shape index (κ1) is 16.2. The molecule has 0 amide bonds. The zero-order valence-corrected chi connectivity index (χ0v) is 13.7. The molecule has 2 aromatic rings. The van der Waals surface area contributed by atoms with E-state index < -0.39 is 10.0 Å². The van der Waals surface area contributed by atoms with Crippen LogP contribution in [0.1, 0.15) is 5.56 Å². The zero-order chi connectivity index (χ0) is 15.5. The van der Waals surface area contributed by atoms with Gasteiger partial charge in [0.2, 0.25) is 0 Å². The SMILES string of the molecule is O=S(=O)(/C=C(\Cl)c1ccccc1)N(Cl)c1ccc(Cl)cc1. The second kappa shape index (κ2) is 6.71. The van der Waals surface area contributed by atoms with Crippen LogP contribution in [0.5, 0.6) is 0 Å². The van der Waals surface area contributed by atoms with Gasteiger partial charge in [0.05, 0.1) is 16.1 Å². The third kappa shape index (κ3) is 4.14. The van der Waals surface area contributed by atoms with E-state index in [2.05, 4.69) is 0 Å². The van der Waals surface area contributed by atoms with Crippen LogP contribution in [0, 0.1) is 0 Å². The van der Waals surface area contributed by atoms with Crippen molar-refractivity contribution in [1.29, 1.82) is 0 Å². The smallest absolute Gasteiger partial charge is 0.200 e. The molecule has 0 atom stereocenters. The standard InChI is InChI=1S/C14H10Cl3NO2S/c15-12-6-8-13(9-7-12)18(17)21(19,20)10-14(16)11-4-2-1-3-5-11/h1-10H/b14-10-. The Balaban J connectivity index is 2.31. The van der Waals surface area contributed by atoms with Crippen LogP contribution in [-0.2, 0) is 10.0 Å². The quantitative estimate of drug-likeness (QED) is 0.728. The molecule has 0 spiro atoms. The van der Waals surface area contributed by atoms with Gasteiger partial charge in [0.25, 0.3) is 10.0 Å². The lowest BCUT2D eigenvalue weighted by molar-refractivity contribution is 0.606. The summed E-state index contributed by atoms with van der Waals surface area (Å²) in [5, 5.41) is 1.47. The first-order valence-corrected chi connectivity index (χ1v) is 8.39. The molecule has 2 rings (SSSR count). The van der Waals surface area contributed by atoms with Gasteiger partial charge in [-0.1, -0.05) is 53.5 Å². The number of nitrogens with zero attached hydrogens (tertiary/aromatic N) is 1. The van der Waals surface area contributed by atoms with Crippen LogP contribution in [0.25, 0.3) is 5.03 Å². The fourth-order valence-corrected chi connectivity index (χ4v) is 3.28. The highest BCUT2D eigenvalue weighted by atomic mass is 35.5. The largest absolute Gasteiger partial charge is 0.272 e. The zero-order valence-electron chi connectivity index (χ0n) is 10.6. The van der Waals surface area contributed by atoms with E-state index in [0.717, 1.165) is 5.41 Å². The Bertz CT molecular complexity index is 744.